The maximum Gasteiger partial charge on any atom is 0.371 e. The summed E-state index contributed by atoms with van der Waals surface area (Å²) in [6.45, 7) is 0. The van der Waals surface area contributed by atoms with Crippen LogP contribution < -0.4 is 5.43 Å². The van der Waals surface area contributed by atoms with Gasteiger partial charge >= 0.3 is 11.9 Å². The van der Waals surface area contributed by atoms with Crippen LogP contribution in [0.2, 0.25) is 0 Å². The molecular weight excluding hydrogens is 364 g/mol. The minimum Gasteiger partial charge on any atom is -0.475 e. The normalized spacial score (nSPS) is 10.9. The summed E-state index contributed by atoms with van der Waals surface area (Å²) in [5, 5.41) is 18.3. The van der Waals surface area contributed by atoms with Crippen LogP contribution in [0.1, 0.15) is 21.1 Å². The fourth-order valence-corrected chi connectivity index (χ4v) is 2.92. The first kappa shape index (κ1) is 17.3. The van der Waals surface area contributed by atoms with Crippen molar-refractivity contribution < 1.29 is 28.6 Å². The second kappa shape index (κ2) is 6.55. The van der Waals surface area contributed by atoms with Crippen molar-refractivity contribution >= 4 is 22.9 Å². The van der Waals surface area contributed by atoms with Gasteiger partial charge in [0.25, 0.3) is 0 Å². The minimum atomic E-state index is -1.32. The first-order valence-corrected chi connectivity index (χ1v) is 8.16. The van der Waals surface area contributed by atoms with Crippen molar-refractivity contribution in [1.82, 2.24) is 0 Å². The van der Waals surface area contributed by atoms with Crippen LogP contribution in [0.25, 0.3) is 33.2 Å². The van der Waals surface area contributed by atoms with Gasteiger partial charge in [-0.2, -0.15) is 0 Å². The lowest BCUT2D eigenvalue weighted by Gasteiger charge is -2.06. The van der Waals surface area contributed by atoms with Crippen LogP contribution >= 0.6 is 0 Å². The van der Waals surface area contributed by atoms with Gasteiger partial charge in [-0.15, -0.1) is 0 Å². The van der Waals surface area contributed by atoms with Crippen molar-refractivity contribution in [2.24, 2.45) is 0 Å². The van der Waals surface area contributed by atoms with Crippen LogP contribution in [0.15, 0.2) is 74.5 Å². The Bertz CT molecular complexity index is 1290. The van der Waals surface area contributed by atoms with Crippen LogP contribution in [0, 0.1) is 0 Å². The van der Waals surface area contributed by atoms with E-state index in [-0.39, 0.29) is 16.7 Å². The van der Waals surface area contributed by atoms with E-state index in [4.69, 9.17) is 19.0 Å². The van der Waals surface area contributed by atoms with Gasteiger partial charge in [0.1, 0.15) is 5.58 Å². The Morgan fingerprint density at radius 1 is 0.750 bits per heavy atom. The molecule has 4 aromatic rings. The molecule has 0 saturated carbocycles. The van der Waals surface area contributed by atoms with Crippen LogP contribution in [0.5, 0.6) is 0 Å². The highest BCUT2D eigenvalue weighted by Crippen LogP contribution is 2.29. The second-order valence-corrected chi connectivity index (χ2v) is 6.08. The molecule has 0 bridgehead atoms. The molecule has 0 aliphatic heterocycles. The van der Waals surface area contributed by atoms with Crippen molar-refractivity contribution in [3.05, 3.63) is 82.6 Å². The quantitative estimate of drug-likeness (QED) is 0.550. The van der Waals surface area contributed by atoms with Crippen LogP contribution in [-0.4, -0.2) is 22.2 Å². The van der Waals surface area contributed by atoms with Gasteiger partial charge in [-0.3, -0.25) is 4.79 Å². The van der Waals surface area contributed by atoms with Crippen molar-refractivity contribution in [3.8, 4) is 22.3 Å². The molecule has 28 heavy (non-hydrogen) atoms. The second-order valence-electron chi connectivity index (χ2n) is 6.08. The van der Waals surface area contributed by atoms with E-state index in [9.17, 15) is 14.4 Å². The monoisotopic (exact) mass is 376 g/mol. The van der Waals surface area contributed by atoms with Gasteiger partial charge in [-0.25, -0.2) is 9.59 Å². The van der Waals surface area contributed by atoms with E-state index in [1.54, 1.807) is 24.3 Å². The van der Waals surface area contributed by atoms with Gasteiger partial charge in [0, 0.05) is 11.6 Å². The zero-order valence-electron chi connectivity index (χ0n) is 14.2. The van der Waals surface area contributed by atoms with Gasteiger partial charge in [0.05, 0.1) is 11.6 Å². The summed E-state index contributed by atoms with van der Waals surface area (Å²) in [4.78, 5) is 34.2. The Labute approximate surface area is 157 Å². The first-order chi connectivity index (χ1) is 13.4. The summed E-state index contributed by atoms with van der Waals surface area (Å²) in [7, 11) is 0. The number of furan rings is 1. The lowest BCUT2D eigenvalue weighted by molar-refractivity contribution is 0.0653. The largest absolute Gasteiger partial charge is 0.475 e. The van der Waals surface area contributed by atoms with E-state index < -0.39 is 23.1 Å². The van der Waals surface area contributed by atoms with Crippen LogP contribution in [0.3, 0.4) is 0 Å². The highest BCUT2D eigenvalue weighted by atomic mass is 16.4. The summed E-state index contributed by atoms with van der Waals surface area (Å²) in [5.41, 5.74) is 2.58. The number of hydrogen-bond acceptors (Lipinski definition) is 5. The summed E-state index contributed by atoms with van der Waals surface area (Å²) >= 11 is 0. The third-order valence-electron chi connectivity index (χ3n) is 4.28. The average molecular weight is 376 g/mol. The molecule has 0 aliphatic rings. The molecule has 4 rings (SSSR count). The molecule has 2 aromatic carbocycles. The Morgan fingerprint density at radius 2 is 1.43 bits per heavy atom. The van der Waals surface area contributed by atoms with Gasteiger partial charge in [-0.05, 0) is 41.0 Å². The Morgan fingerprint density at radius 3 is 2.11 bits per heavy atom. The summed E-state index contributed by atoms with van der Waals surface area (Å²) in [6, 6.07) is 14.6. The molecule has 0 radical (unpaired) electrons. The highest BCUT2D eigenvalue weighted by Gasteiger charge is 2.13. The molecule has 0 atom stereocenters. The number of carboxylic acids is 2. The Hall–Kier alpha value is -4.13. The number of aromatic carboxylic acids is 2. The molecule has 138 valence electrons. The third kappa shape index (κ3) is 3.05. The molecule has 7 heteroatoms. The van der Waals surface area contributed by atoms with E-state index in [0.29, 0.717) is 11.1 Å². The fraction of sp³-hybridized carbons (Fsp3) is 0. The van der Waals surface area contributed by atoms with Crippen LogP contribution in [-0.2, 0) is 0 Å². The summed E-state index contributed by atoms with van der Waals surface area (Å²) < 4.78 is 10.4. The van der Waals surface area contributed by atoms with Crippen molar-refractivity contribution in [3.63, 3.8) is 0 Å². The standard InChI is InChI=1S/C21H12O7/c22-16-9-19(21(25)26)28-17-7-13(4-5-15(16)17)11-2-1-3-12(6-11)14-8-18(20(23)24)27-10-14/h1-10H,(H,23,24)(H,25,26). The molecule has 7 nitrogen and oxygen atoms in total. The molecule has 0 amide bonds. The molecular formula is C21H12O7. The van der Waals surface area contributed by atoms with Crippen molar-refractivity contribution in [1.29, 1.82) is 0 Å². The minimum absolute atomic E-state index is 0.158. The average Bonchev–Trinajstić information content (AvgIpc) is 3.18. The number of carbonyl (C=O) groups is 2. The SMILES string of the molecule is O=C(O)c1cc(-c2cccc(-c3ccc4c(=O)cc(C(=O)O)oc4c3)c2)co1. The molecule has 0 fully saturated rings. The number of benzene rings is 2. The van der Waals surface area contributed by atoms with E-state index >= 15 is 0 Å². The fourth-order valence-electron chi connectivity index (χ4n) is 2.92. The molecule has 0 aliphatic carbocycles. The number of hydrogen-bond donors (Lipinski definition) is 2. The van der Waals surface area contributed by atoms with E-state index in [0.717, 1.165) is 17.2 Å². The van der Waals surface area contributed by atoms with Gasteiger partial charge < -0.3 is 19.0 Å². The topological polar surface area (TPSA) is 118 Å². The molecule has 2 heterocycles. The lowest BCUT2D eigenvalue weighted by atomic mass is 9.99. The molecule has 0 unspecified atom stereocenters. The van der Waals surface area contributed by atoms with Crippen molar-refractivity contribution in [2.75, 3.05) is 0 Å². The Balaban J connectivity index is 1.80. The molecule has 2 aromatic heterocycles. The lowest BCUT2D eigenvalue weighted by Crippen LogP contribution is -2.06. The van der Waals surface area contributed by atoms with Gasteiger partial charge in [0.2, 0.25) is 11.5 Å². The number of carboxylic acid groups (broad SMARTS) is 2. The number of rotatable bonds is 4. The molecule has 0 saturated heterocycles. The zero-order chi connectivity index (χ0) is 19.8. The van der Waals surface area contributed by atoms with Gasteiger partial charge in [-0.1, -0.05) is 24.3 Å². The van der Waals surface area contributed by atoms with Gasteiger partial charge in [0.15, 0.2) is 5.43 Å². The highest BCUT2D eigenvalue weighted by molar-refractivity contribution is 5.89. The summed E-state index contributed by atoms with van der Waals surface area (Å²) in [6.07, 6.45) is 1.36. The van der Waals surface area contributed by atoms with Crippen LogP contribution in [0.4, 0.5) is 0 Å². The molecule has 2 N–H and O–H groups in total. The number of fused-ring (bicyclic) bond motifs is 1. The maximum atomic E-state index is 12.1. The smallest absolute Gasteiger partial charge is 0.371 e. The molecule has 0 spiro atoms. The summed E-state index contributed by atoms with van der Waals surface area (Å²) in [5.74, 6) is -3.06. The van der Waals surface area contributed by atoms with E-state index in [1.165, 1.54) is 12.3 Å². The van der Waals surface area contributed by atoms with Crippen molar-refractivity contribution in [2.45, 2.75) is 0 Å². The maximum absolute atomic E-state index is 12.1. The van der Waals surface area contributed by atoms with E-state index in [1.807, 2.05) is 18.2 Å². The predicted molar refractivity (Wildman–Crippen MR) is 99.5 cm³/mol. The van der Waals surface area contributed by atoms with E-state index in [2.05, 4.69) is 0 Å². The first-order valence-electron chi connectivity index (χ1n) is 8.16. The zero-order valence-corrected chi connectivity index (χ0v) is 14.2. The predicted octanol–water partition coefficient (Wildman–Crippen LogP) is 4.12. The Kier molecular flexibility index (Phi) is 4.04. The third-order valence-corrected chi connectivity index (χ3v) is 4.28.